The second kappa shape index (κ2) is 21.5. The average Bonchev–Trinajstić information content (AvgIpc) is 3.32. The van der Waals surface area contributed by atoms with Gasteiger partial charge >= 0.3 is 11.9 Å². The molecule has 0 heterocycles. The number of hydrogen-bond donors (Lipinski definition) is 1. The van der Waals surface area contributed by atoms with Gasteiger partial charge in [0.05, 0.1) is 6.61 Å². The van der Waals surface area contributed by atoms with Crippen molar-refractivity contribution in [2.45, 2.75) is 149 Å². The lowest BCUT2D eigenvalue weighted by Gasteiger charge is -2.36. The van der Waals surface area contributed by atoms with Crippen LogP contribution >= 0.6 is 0 Å². The normalized spacial score (nSPS) is 12.5. The maximum absolute atomic E-state index is 12.4. The molecule has 0 radical (unpaired) electrons. The maximum Gasteiger partial charge on any atom is 0.306 e. The van der Waals surface area contributed by atoms with Crippen LogP contribution in [-0.4, -0.2) is 41.5 Å². The highest BCUT2D eigenvalue weighted by Gasteiger charge is 2.42. The summed E-state index contributed by atoms with van der Waals surface area (Å²) in [6, 6.07) is 44.5. The first-order valence-corrected chi connectivity index (χ1v) is 32.9. The first kappa shape index (κ1) is 53.1. The molecule has 0 aliphatic rings. The Morgan fingerprint density at radius 2 is 0.887 bits per heavy atom. The van der Waals surface area contributed by atoms with Crippen molar-refractivity contribution in [3.63, 3.8) is 0 Å². The average molecular weight is 996 g/mol. The molecule has 8 heteroatoms. The van der Waals surface area contributed by atoms with Gasteiger partial charge in [-0.05, 0) is 136 Å². The maximum atomic E-state index is 12.4. The fourth-order valence-corrected chi connectivity index (χ4v) is 20.3. The van der Waals surface area contributed by atoms with Crippen molar-refractivity contribution in [1.82, 2.24) is 0 Å². The molecule has 0 unspecified atom stereocenters. The third-order valence-electron chi connectivity index (χ3n) is 15.7. The standard InChI is InChI=1S/C63H74O5Si3/c1-43(2)70(44(3)4,53-29-25-47(26-30-53)41-67-62(66)24-18-23-61(64)65)35-33-55-57-37-49-19-14-16-21-51(49)39-59(57)56(60-40-52-22-17-15-20-50(52)38-58(55)60)34-36-71(45(5)6,46(7)8)54-31-27-48(28-32-54)42-68-69(12,13)63(9,10)11/h14-17,19-22,25-32,37-40,43-46H,18,23-24,41-42H2,1-13H3,(H,64,65). The predicted molar refractivity (Wildman–Crippen MR) is 308 cm³/mol. The highest BCUT2D eigenvalue weighted by Crippen LogP contribution is 2.40. The molecule has 7 aromatic rings. The van der Waals surface area contributed by atoms with E-state index in [1.54, 1.807) is 0 Å². The van der Waals surface area contributed by atoms with E-state index in [9.17, 15) is 9.59 Å². The molecular weight excluding hydrogens is 921 g/mol. The van der Waals surface area contributed by atoms with Crippen molar-refractivity contribution < 1.29 is 23.9 Å². The van der Waals surface area contributed by atoms with Crippen molar-refractivity contribution in [3.05, 3.63) is 144 Å². The van der Waals surface area contributed by atoms with Gasteiger partial charge in [0.1, 0.15) is 6.61 Å². The third kappa shape index (κ3) is 11.0. The molecule has 0 aromatic heterocycles. The Morgan fingerprint density at radius 1 is 0.535 bits per heavy atom. The van der Waals surface area contributed by atoms with Crippen molar-refractivity contribution in [3.8, 4) is 22.9 Å². The fourth-order valence-electron chi connectivity index (χ4n) is 10.4. The van der Waals surface area contributed by atoms with Crippen molar-refractivity contribution in [1.29, 1.82) is 0 Å². The van der Waals surface area contributed by atoms with E-state index in [2.05, 4.69) is 234 Å². The molecule has 0 aliphatic carbocycles. The van der Waals surface area contributed by atoms with Crippen LogP contribution in [0.15, 0.2) is 121 Å². The zero-order chi connectivity index (χ0) is 51.5. The third-order valence-corrected chi connectivity index (χ3v) is 31.1. The monoisotopic (exact) mass is 994 g/mol. The molecule has 71 heavy (non-hydrogen) atoms. The zero-order valence-electron chi connectivity index (χ0n) is 44.5. The summed E-state index contributed by atoms with van der Waals surface area (Å²) in [6.07, 6.45) is 0.293. The van der Waals surface area contributed by atoms with Crippen molar-refractivity contribution >= 4 is 89.9 Å². The van der Waals surface area contributed by atoms with Crippen LogP contribution in [0.2, 0.25) is 40.3 Å². The van der Waals surface area contributed by atoms with Gasteiger partial charge in [-0.2, -0.15) is 0 Å². The molecule has 0 atom stereocenters. The lowest BCUT2D eigenvalue weighted by atomic mass is 9.89. The number of hydrogen-bond acceptors (Lipinski definition) is 4. The Morgan fingerprint density at radius 3 is 1.21 bits per heavy atom. The lowest BCUT2D eigenvalue weighted by Crippen LogP contribution is -2.52. The minimum absolute atomic E-state index is 0.0533. The number of aliphatic carboxylic acids is 1. The minimum Gasteiger partial charge on any atom is -0.481 e. The predicted octanol–water partition coefficient (Wildman–Crippen LogP) is 15.3. The Labute approximate surface area is 426 Å². The van der Waals surface area contributed by atoms with Gasteiger partial charge in [0.2, 0.25) is 0 Å². The van der Waals surface area contributed by atoms with E-state index < -0.39 is 30.4 Å². The number of fused-ring (bicyclic) bond motifs is 4. The molecule has 0 fully saturated rings. The molecule has 1 N–H and O–H groups in total. The number of benzene rings is 7. The summed E-state index contributed by atoms with van der Waals surface area (Å²) in [6.45, 7) is 31.1. The number of carbonyl (C=O) groups is 2. The Bertz CT molecular complexity index is 3090. The molecule has 7 rings (SSSR count). The van der Waals surface area contributed by atoms with Crippen LogP contribution in [0, 0.1) is 22.9 Å². The number of ether oxygens (including phenoxy) is 1. The lowest BCUT2D eigenvalue weighted by molar-refractivity contribution is -0.145. The molecule has 0 amide bonds. The Hall–Kier alpha value is -5.75. The van der Waals surface area contributed by atoms with Crippen LogP contribution in [0.1, 0.15) is 118 Å². The van der Waals surface area contributed by atoms with Crippen LogP contribution in [0.25, 0.3) is 43.1 Å². The van der Waals surface area contributed by atoms with E-state index in [-0.39, 0.29) is 36.9 Å². The highest BCUT2D eigenvalue weighted by atomic mass is 28.4. The topological polar surface area (TPSA) is 72.8 Å². The van der Waals surface area contributed by atoms with Crippen molar-refractivity contribution in [2.24, 2.45) is 0 Å². The highest BCUT2D eigenvalue weighted by molar-refractivity contribution is 7.01. The summed E-state index contributed by atoms with van der Waals surface area (Å²) in [5.74, 6) is 6.73. The summed E-state index contributed by atoms with van der Waals surface area (Å²) >= 11 is 0. The van der Waals surface area contributed by atoms with Gasteiger partial charge in [-0.1, -0.05) is 185 Å². The summed E-state index contributed by atoms with van der Waals surface area (Å²) < 4.78 is 12.2. The van der Waals surface area contributed by atoms with E-state index >= 15 is 0 Å². The van der Waals surface area contributed by atoms with Gasteiger partial charge in [0, 0.05) is 24.0 Å². The molecule has 0 saturated carbocycles. The smallest absolute Gasteiger partial charge is 0.306 e. The quantitative estimate of drug-likeness (QED) is 0.0479. The Balaban J connectivity index is 1.42. The number of carboxylic acid groups (broad SMARTS) is 1. The van der Waals surface area contributed by atoms with E-state index in [1.165, 1.54) is 37.5 Å². The SMILES string of the molecule is CC(C)[Si](C#Cc1c2cc3ccccc3cc2c(C#C[Si](c2ccc(CO[Si](C)(C)C(C)(C)C)cc2)(C(C)C)C(C)C)c2cc3ccccc3cc12)(c1ccc(COC(=O)CCCC(=O)O)cc1)C(C)C. The van der Waals surface area contributed by atoms with Crippen LogP contribution in [0.5, 0.6) is 0 Å². The molecule has 0 spiro atoms. The van der Waals surface area contributed by atoms with Gasteiger partial charge in [0.25, 0.3) is 0 Å². The fraction of sp³-hybridized carbons (Fsp3) is 0.365. The summed E-state index contributed by atoms with van der Waals surface area (Å²) in [4.78, 5) is 23.3. The van der Waals surface area contributed by atoms with E-state index in [0.717, 1.165) is 38.2 Å². The van der Waals surface area contributed by atoms with Gasteiger partial charge < -0.3 is 14.3 Å². The van der Waals surface area contributed by atoms with Gasteiger partial charge in [-0.15, -0.1) is 11.1 Å². The van der Waals surface area contributed by atoms with E-state index in [1.807, 2.05) is 0 Å². The largest absolute Gasteiger partial charge is 0.481 e. The number of esters is 1. The van der Waals surface area contributed by atoms with Gasteiger partial charge in [-0.25, -0.2) is 0 Å². The first-order valence-electron chi connectivity index (χ1n) is 25.7. The van der Waals surface area contributed by atoms with Crippen LogP contribution in [0.4, 0.5) is 0 Å². The molecule has 0 saturated heterocycles. The first-order chi connectivity index (χ1) is 33.6. The molecule has 368 valence electrons. The van der Waals surface area contributed by atoms with E-state index in [0.29, 0.717) is 28.8 Å². The Kier molecular flexibility index (Phi) is 16.1. The van der Waals surface area contributed by atoms with Crippen LogP contribution in [-0.2, 0) is 32.0 Å². The van der Waals surface area contributed by atoms with E-state index in [4.69, 9.17) is 14.3 Å². The van der Waals surface area contributed by atoms with Crippen LogP contribution in [0.3, 0.4) is 0 Å². The summed E-state index contributed by atoms with van der Waals surface area (Å²) in [7, 11) is -6.99. The number of carbonyl (C=O) groups excluding carboxylic acids is 1. The van der Waals surface area contributed by atoms with Gasteiger partial charge in [-0.3, -0.25) is 9.59 Å². The molecule has 0 bridgehead atoms. The zero-order valence-corrected chi connectivity index (χ0v) is 47.5. The van der Waals surface area contributed by atoms with Gasteiger partial charge in [0.15, 0.2) is 24.5 Å². The van der Waals surface area contributed by atoms with Crippen LogP contribution < -0.4 is 10.4 Å². The number of rotatable bonds is 15. The molecule has 5 nitrogen and oxygen atoms in total. The number of carboxylic acids is 1. The summed E-state index contributed by atoms with van der Waals surface area (Å²) in [5, 5.41) is 20.9. The summed E-state index contributed by atoms with van der Waals surface area (Å²) in [5.41, 5.74) is 13.8. The molecule has 7 aromatic carbocycles. The second-order valence-corrected chi connectivity index (χ2v) is 37.0. The molecular formula is C63H74O5Si3. The van der Waals surface area contributed by atoms with Crippen molar-refractivity contribution in [2.75, 3.05) is 0 Å². The minimum atomic E-state index is -2.58. The molecule has 0 aliphatic heterocycles. The second-order valence-electron chi connectivity index (χ2n) is 22.4.